The van der Waals surface area contributed by atoms with Crippen molar-refractivity contribution in [2.24, 2.45) is 5.10 Å². The van der Waals surface area contributed by atoms with Crippen LogP contribution in [-0.2, 0) is 14.8 Å². The number of nitrogens with zero attached hydrogens (tertiary/aromatic N) is 1. The highest BCUT2D eigenvalue weighted by Gasteiger charge is 2.23. The van der Waals surface area contributed by atoms with Gasteiger partial charge in [-0.3, -0.25) is 4.79 Å². The van der Waals surface area contributed by atoms with Crippen molar-refractivity contribution < 1.29 is 17.9 Å². The molecule has 3 rings (SSSR count). The van der Waals surface area contributed by atoms with Crippen LogP contribution in [0.3, 0.4) is 0 Å². The van der Waals surface area contributed by atoms with Gasteiger partial charge in [0, 0.05) is 6.42 Å². The minimum Gasteiger partial charge on any atom is -0.496 e. The Hall–Kier alpha value is -3.01. The van der Waals surface area contributed by atoms with Crippen LogP contribution in [0.15, 0.2) is 87.3 Å². The van der Waals surface area contributed by atoms with Gasteiger partial charge in [0.1, 0.15) is 5.75 Å². The van der Waals surface area contributed by atoms with Gasteiger partial charge in [0.15, 0.2) is 0 Å². The number of halogens is 1. The Labute approximate surface area is 202 Å². The van der Waals surface area contributed by atoms with Crippen LogP contribution < -0.4 is 14.9 Å². The Morgan fingerprint density at radius 2 is 1.79 bits per heavy atom. The lowest BCUT2D eigenvalue weighted by Gasteiger charge is -2.18. The van der Waals surface area contributed by atoms with Crippen LogP contribution >= 0.6 is 15.9 Å². The van der Waals surface area contributed by atoms with Gasteiger partial charge in [-0.15, -0.1) is 0 Å². The lowest BCUT2D eigenvalue weighted by atomic mass is 10.0. The largest absolute Gasteiger partial charge is 0.496 e. The molecule has 0 spiro atoms. The van der Waals surface area contributed by atoms with Gasteiger partial charge in [-0.1, -0.05) is 48.0 Å². The van der Waals surface area contributed by atoms with Crippen LogP contribution in [0.25, 0.3) is 0 Å². The van der Waals surface area contributed by atoms with Gasteiger partial charge in [-0.2, -0.15) is 5.10 Å². The average Bonchev–Trinajstić information content (AvgIpc) is 2.79. The summed E-state index contributed by atoms with van der Waals surface area (Å²) in [5, 5.41) is 3.99. The second kappa shape index (κ2) is 11.2. The first kappa shape index (κ1) is 24.6. The average molecular weight is 530 g/mol. The fraction of sp³-hybridized carbons (Fsp3) is 0.167. The van der Waals surface area contributed by atoms with Crippen LogP contribution in [0, 0.1) is 6.92 Å². The molecule has 172 valence electrons. The molecule has 0 radical (unpaired) electrons. The number of sulfonamides is 1. The Morgan fingerprint density at radius 1 is 1.09 bits per heavy atom. The molecule has 0 bridgehead atoms. The van der Waals surface area contributed by atoms with E-state index in [1.165, 1.54) is 18.3 Å². The van der Waals surface area contributed by atoms with Gasteiger partial charge in [0.2, 0.25) is 15.9 Å². The number of ether oxygens (including phenoxy) is 1. The van der Waals surface area contributed by atoms with Gasteiger partial charge in [-0.25, -0.2) is 18.6 Å². The van der Waals surface area contributed by atoms with E-state index in [1.54, 1.807) is 61.7 Å². The minimum atomic E-state index is -3.83. The molecular weight excluding hydrogens is 506 g/mol. The van der Waals surface area contributed by atoms with Gasteiger partial charge in [0.25, 0.3) is 0 Å². The second-order valence-corrected chi connectivity index (χ2v) is 9.86. The molecule has 0 fully saturated rings. The smallest absolute Gasteiger partial charge is 0.242 e. The van der Waals surface area contributed by atoms with Crippen molar-refractivity contribution in [3.05, 3.63) is 94.0 Å². The zero-order valence-electron chi connectivity index (χ0n) is 18.2. The van der Waals surface area contributed by atoms with Crippen molar-refractivity contribution in [2.75, 3.05) is 7.11 Å². The highest BCUT2D eigenvalue weighted by atomic mass is 79.9. The molecule has 3 aromatic rings. The summed E-state index contributed by atoms with van der Waals surface area (Å²) < 4.78 is 34.4. The van der Waals surface area contributed by atoms with E-state index in [2.05, 4.69) is 31.2 Å². The van der Waals surface area contributed by atoms with Crippen molar-refractivity contribution in [2.45, 2.75) is 24.3 Å². The van der Waals surface area contributed by atoms with E-state index in [0.29, 0.717) is 11.3 Å². The van der Waals surface area contributed by atoms with E-state index in [0.717, 1.165) is 15.6 Å². The summed E-state index contributed by atoms with van der Waals surface area (Å²) in [6, 6.07) is 20.1. The minimum absolute atomic E-state index is 0.126. The van der Waals surface area contributed by atoms with Crippen molar-refractivity contribution in [1.82, 2.24) is 10.1 Å². The van der Waals surface area contributed by atoms with Gasteiger partial charge >= 0.3 is 0 Å². The Kier molecular flexibility index (Phi) is 8.37. The first-order valence-electron chi connectivity index (χ1n) is 10.1. The first-order valence-corrected chi connectivity index (χ1v) is 12.4. The predicted molar refractivity (Wildman–Crippen MR) is 132 cm³/mol. The molecule has 0 aromatic heterocycles. The lowest BCUT2D eigenvalue weighted by molar-refractivity contribution is -0.121. The zero-order valence-corrected chi connectivity index (χ0v) is 20.6. The highest BCUT2D eigenvalue weighted by Crippen LogP contribution is 2.25. The molecule has 0 saturated carbocycles. The third kappa shape index (κ3) is 6.98. The maximum atomic E-state index is 12.9. The number of hydrazone groups is 1. The van der Waals surface area contributed by atoms with Crippen LogP contribution in [0.4, 0.5) is 0 Å². The number of methoxy groups -OCH3 is 1. The first-order chi connectivity index (χ1) is 15.8. The summed E-state index contributed by atoms with van der Waals surface area (Å²) >= 11 is 3.40. The number of hydrogen-bond donors (Lipinski definition) is 2. The fourth-order valence-corrected chi connectivity index (χ4v) is 4.84. The SMILES string of the molecule is COc1ccc(/C=N\NC(=O)C[C@@H](NS(=O)(=O)c2ccc(C)cc2)c2ccccc2)cc1Br. The third-order valence-corrected chi connectivity index (χ3v) is 6.91. The van der Waals surface area contributed by atoms with Crippen molar-refractivity contribution >= 4 is 38.1 Å². The molecule has 2 N–H and O–H groups in total. The normalized spacial score (nSPS) is 12.5. The summed E-state index contributed by atoms with van der Waals surface area (Å²) in [5.74, 6) is 0.252. The number of nitrogens with one attached hydrogen (secondary N) is 2. The highest BCUT2D eigenvalue weighted by molar-refractivity contribution is 9.10. The maximum absolute atomic E-state index is 12.9. The number of rotatable bonds is 9. The molecule has 0 aliphatic heterocycles. The van der Waals surface area contributed by atoms with Crippen LogP contribution in [0.2, 0.25) is 0 Å². The molecule has 3 aromatic carbocycles. The number of carbonyl (C=O) groups is 1. The molecule has 7 nitrogen and oxygen atoms in total. The van der Waals surface area contributed by atoms with Crippen molar-refractivity contribution in [3.8, 4) is 5.75 Å². The number of benzene rings is 3. The Morgan fingerprint density at radius 3 is 2.42 bits per heavy atom. The van der Waals surface area contributed by atoms with Gasteiger partial charge in [-0.05, 0) is 64.3 Å². The van der Waals surface area contributed by atoms with Crippen LogP contribution in [0.5, 0.6) is 5.75 Å². The molecule has 0 heterocycles. The Balaban J connectivity index is 1.72. The fourth-order valence-electron chi connectivity index (χ4n) is 3.06. The van der Waals surface area contributed by atoms with E-state index in [4.69, 9.17) is 4.74 Å². The molecule has 0 aliphatic rings. The zero-order chi connectivity index (χ0) is 23.8. The number of hydrogen-bond acceptors (Lipinski definition) is 5. The number of amides is 1. The third-order valence-electron chi connectivity index (χ3n) is 4.80. The summed E-state index contributed by atoms with van der Waals surface area (Å²) in [6.45, 7) is 1.88. The molecule has 0 saturated heterocycles. The van der Waals surface area contributed by atoms with Crippen molar-refractivity contribution in [3.63, 3.8) is 0 Å². The lowest BCUT2D eigenvalue weighted by Crippen LogP contribution is -2.32. The van der Waals surface area contributed by atoms with Gasteiger partial charge in [0.05, 0.1) is 28.7 Å². The molecule has 0 unspecified atom stereocenters. The summed E-state index contributed by atoms with van der Waals surface area (Å²) in [7, 11) is -2.26. The van der Waals surface area contributed by atoms with Crippen LogP contribution in [-0.4, -0.2) is 27.6 Å². The maximum Gasteiger partial charge on any atom is 0.242 e. The van der Waals surface area contributed by atoms with E-state index in [-0.39, 0.29) is 11.3 Å². The molecule has 33 heavy (non-hydrogen) atoms. The van der Waals surface area contributed by atoms with E-state index < -0.39 is 22.0 Å². The second-order valence-electron chi connectivity index (χ2n) is 7.29. The topological polar surface area (TPSA) is 96.9 Å². The van der Waals surface area contributed by atoms with E-state index in [9.17, 15) is 13.2 Å². The molecule has 1 atom stereocenters. The number of aryl methyl sites for hydroxylation is 1. The number of carbonyl (C=O) groups excluding carboxylic acids is 1. The molecule has 0 aliphatic carbocycles. The summed E-state index contributed by atoms with van der Waals surface area (Å²) in [4.78, 5) is 12.7. The Bertz CT molecular complexity index is 1230. The molecule has 9 heteroatoms. The van der Waals surface area contributed by atoms with Gasteiger partial charge < -0.3 is 4.74 Å². The predicted octanol–water partition coefficient (Wildman–Crippen LogP) is 4.33. The van der Waals surface area contributed by atoms with E-state index in [1.807, 2.05) is 13.0 Å². The standard InChI is InChI=1S/C24H24BrN3O4S/c1-17-8-11-20(12-9-17)33(30,31)28-22(19-6-4-3-5-7-19)15-24(29)27-26-16-18-10-13-23(32-2)21(25)14-18/h3-14,16,22,28H,15H2,1-2H3,(H,27,29)/b26-16-/t22-/m1/s1. The summed E-state index contributed by atoms with van der Waals surface area (Å²) in [6.07, 6.45) is 1.37. The van der Waals surface area contributed by atoms with Crippen molar-refractivity contribution in [1.29, 1.82) is 0 Å². The molecule has 1 amide bonds. The van der Waals surface area contributed by atoms with E-state index >= 15 is 0 Å². The monoisotopic (exact) mass is 529 g/mol. The van der Waals surface area contributed by atoms with Crippen LogP contribution in [0.1, 0.15) is 29.2 Å². The molecular formula is C24H24BrN3O4S. The summed E-state index contributed by atoms with van der Waals surface area (Å²) in [5.41, 5.74) is 4.84. The quantitative estimate of drug-likeness (QED) is 0.318.